The number of benzene rings is 2. The van der Waals surface area contributed by atoms with Gasteiger partial charge in [-0.1, -0.05) is 44.2 Å². The maximum absolute atomic E-state index is 14.8. The summed E-state index contributed by atoms with van der Waals surface area (Å²) in [5.74, 6) is -2.63. The maximum Gasteiger partial charge on any atom is 0.418 e. The van der Waals surface area contributed by atoms with Crippen LogP contribution in [0.4, 0.5) is 17.6 Å². The number of fused-ring (bicyclic) bond motifs is 1. The van der Waals surface area contributed by atoms with Crippen LogP contribution in [0, 0.1) is 5.82 Å². The Morgan fingerprint density at radius 2 is 1.74 bits per heavy atom. The molecule has 178 valence electrons. The van der Waals surface area contributed by atoms with Gasteiger partial charge in [0, 0.05) is 11.3 Å². The van der Waals surface area contributed by atoms with Crippen LogP contribution >= 0.6 is 0 Å². The molecule has 0 amide bonds. The van der Waals surface area contributed by atoms with E-state index in [-0.39, 0.29) is 22.6 Å². The van der Waals surface area contributed by atoms with E-state index in [0.29, 0.717) is 11.0 Å². The number of hydrogen-bond acceptors (Lipinski definition) is 4. The number of alkyl halides is 3. The normalized spacial score (nSPS) is 15.3. The van der Waals surface area contributed by atoms with Crippen molar-refractivity contribution >= 4 is 11.0 Å². The smallest absolute Gasteiger partial charge is 0.418 e. The second-order valence-corrected chi connectivity index (χ2v) is 9.03. The molecular weight excluding hydrogens is 450 g/mol. The van der Waals surface area contributed by atoms with Gasteiger partial charge in [0.2, 0.25) is 0 Å². The van der Waals surface area contributed by atoms with Gasteiger partial charge in [0.1, 0.15) is 17.9 Å². The lowest BCUT2D eigenvalue weighted by Crippen LogP contribution is -2.53. The Bertz CT molecular complexity index is 1270. The first-order valence-corrected chi connectivity index (χ1v) is 10.5. The highest BCUT2D eigenvalue weighted by atomic mass is 19.4. The predicted molar refractivity (Wildman–Crippen MR) is 119 cm³/mol. The second kappa shape index (κ2) is 8.39. The van der Waals surface area contributed by atoms with Gasteiger partial charge in [-0.15, -0.1) is 0 Å². The summed E-state index contributed by atoms with van der Waals surface area (Å²) in [6, 6.07) is 12.4. The van der Waals surface area contributed by atoms with E-state index in [2.05, 4.69) is 15.0 Å². The highest BCUT2D eigenvalue weighted by molar-refractivity contribution is 5.75. The van der Waals surface area contributed by atoms with E-state index in [4.69, 9.17) is 0 Å². The number of aromatic nitrogens is 3. The molecule has 0 bridgehead atoms. The highest BCUT2D eigenvalue weighted by Gasteiger charge is 2.61. The first-order chi connectivity index (χ1) is 15.9. The van der Waals surface area contributed by atoms with Crippen molar-refractivity contribution in [2.24, 2.45) is 0 Å². The summed E-state index contributed by atoms with van der Waals surface area (Å²) in [7, 11) is 0. The van der Waals surface area contributed by atoms with Crippen molar-refractivity contribution in [3.63, 3.8) is 0 Å². The lowest BCUT2D eigenvalue weighted by Gasteiger charge is -2.42. The fraction of sp³-hybridized carbons (Fsp3) is 0.280. The van der Waals surface area contributed by atoms with Crippen molar-refractivity contribution in [3.8, 4) is 5.75 Å². The zero-order chi connectivity index (χ0) is 24.7. The number of aromatic hydroxyl groups is 1. The van der Waals surface area contributed by atoms with E-state index in [1.807, 2.05) is 0 Å². The lowest BCUT2D eigenvalue weighted by molar-refractivity contribution is -0.272. The molecule has 0 aliphatic carbocycles. The molecule has 3 N–H and O–H groups in total. The quantitative estimate of drug-likeness (QED) is 0.319. The zero-order valence-corrected chi connectivity index (χ0v) is 18.4. The molecule has 0 radical (unpaired) electrons. The summed E-state index contributed by atoms with van der Waals surface area (Å²) in [6.07, 6.45) is -3.23. The van der Waals surface area contributed by atoms with E-state index < -0.39 is 35.3 Å². The van der Waals surface area contributed by atoms with Gasteiger partial charge in [0.05, 0.1) is 23.1 Å². The fourth-order valence-electron chi connectivity index (χ4n) is 4.59. The van der Waals surface area contributed by atoms with E-state index in [0.717, 1.165) is 18.2 Å². The SMILES string of the molecule is CC(C)(CC(O)(C(c1ccccc1)c1cc2ncncc2[nH]1)C(F)(F)F)c1cc(F)ccc1O. The first kappa shape index (κ1) is 23.7. The average Bonchev–Trinajstić information content (AvgIpc) is 3.18. The average molecular weight is 473 g/mol. The van der Waals surface area contributed by atoms with Gasteiger partial charge in [0.25, 0.3) is 0 Å². The molecule has 0 aliphatic heterocycles. The van der Waals surface area contributed by atoms with Crippen molar-refractivity contribution in [2.45, 2.75) is 43.4 Å². The number of phenols is 1. The zero-order valence-electron chi connectivity index (χ0n) is 18.4. The van der Waals surface area contributed by atoms with Gasteiger partial charge in [-0.25, -0.2) is 14.4 Å². The van der Waals surface area contributed by atoms with Crippen molar-refractivity contribution in [1.82, 2.24) is 15.0 Å². The largest absolute Gasteiger partial charge is 0.508 e. The molecule has 2 atom stereocenters. The molecule has 0 spiro atoms. The van der Waals surface area contributed by atoms with Crippen LogP contribution in [-0.4, -0.2) is 36.9 Å². The Balaban J connectivity index is 1.91. The van der Waals surface area contributed by atoms with Gasteiger partial charge in [-0.2, -0.15) is 13.2 Å². The molecule has 5 nitrogen and oxygen atoms in total. The van der Waals surface area contributed by atoms with Crippen LogP contribution in [0.2, 0.25) is 0 Å². The number of halogens is 4. The van der Waals surface area contributed by atoms with Crippen LogP contribution < -0.4 is 0 Å². The van der Waals surface area contributed by atoms with Crippen molar-refractivity contribution in [1.29, 1.82) is 0 Å². The van der Waals surface area contributed by atoms with E-state index in [9.17, 15) is 27.8 Å². The Morgan fingerprint density at radius 1 is 1.03 bits per heavy atom. The molecule has 4 rings (SSSR count). The maximum atomic E-state index is 14.8. The van der Waals surface area contributed by atoms with Crippen LogP contribution in [0.3, 0.4) is 0 Å². The summed E-state index contributed by atoms with van der Waals surface area (Å²) >= 11 is 0. The molecule has 0 saturated carbocycles. The monoisotopic (exact) mass is 473 g/mol. The summed E-state index contributed by atoms with van der Waals surface area (Å²) < 4.78 is 58.3. The second-order valence-electron chi connectivity index (χ2n) is 9.03. The number of aliphatic hydroxyl groups is 1. The molecule has 2 aromatic carbocycles. The number of nitrogens with zero attached hydrogens (tertiary/aromatic N) is 2. The third-order valence-electron chi connectivity index (χ3n) is 6.13. The first-order valence-electron chi connectivity index (χ1n) is 10.5. The van der Waals surface area contributed by atoms with Gasteiger partial charge in [0.15, 0.2) is 5.60 Å². The molecule has 4 aromatic rings. The minimum absolute atomic E-state index is 0.0375. The number of rotatable bonds is 6. The van der Waals surface area contributed by atoms with Crippen LogP contribution in [0.1, 0.15) is 43.0 Å². The minimum atomic E-state index is -5.09. The number of nitrogens with one attached hydrogen (secondary N) is 1. The van der Waals surface area contributed by atoms with E-state index >= 15 is 0 Å². The molecule has 9 heteroatoms. The summed E-state index contributed by atoms with van der Waals surface area (Å²) in [5.41, 5.74) is -3.66. The molecule has 34 heavy (non-hydrogen) atoms. The Kier molecular flexibility index (Phi) is 5.85. The minimum Gasteiger partial charge on any atom is -0.508 e. The topological polar surface area (TPSA) is 82.0 Å². The summed E-state index contributed by atoms with van der Waals surface area (Å²) in [4.78, 5) is 10.9. The van der Waals surface area contributed by atoms with Crippen molar-refractivity contribution < 1.29 is 27.8 Å². The number of aromatic amines is 1. The van der Waals surface area contributed by atoms with Gasteiger partial charge < -0.3 is 15.2 Å². The number of H-pyrrole nitrogens is 1. The third-order valence-corrected chi connectivity index (χ3v) is 6.13. The predicted octanol–water partition coefficient (Wildman–Crippen LogP) is 5.60. The van der Waals surface area contributed by atoms with Crippen molar-refractivity contribution in [3.05, 3.63) is 89.8 Å². The Morgan fingerprint density at radius 3 is 2.38 bits per heavy atom. The summed E-state index contributed by atoms with van der Waals surface area (Å²) in [6.45, 7) is 2.86. The number of phenolic OH excluding ortho intramolecular Hbond substituents is 1. The van der Waals surface area contributed by atoms with Crippen LogP contribution in [-0.2, 0) is 5.41 Å². The number of hydrogen-bond donors (Lipinski definition) is 3. The Hall–Kier alpha value is -3.46. The van der Waals surface area contributed by atoms with Crippen LogP contribution in [0.25, 0.3) is 11.0 Å². The lowest BCUT2D eigenvalue weighted by atomic mass is 9.68. The molecular formula is C25H23F4N3O2. The molecule has 2 heterocycles. The van der Waals surface area contributed by atoms with Gasteiger partial charge >= 0.3 is 6.18 Å². The van der Waals surface area contributed by atoms with Crippen molar-refractivity contribution in [2.75, 3.05) is 0 Å². The highest BCUT2D eigenvalue weighted by Crippen LogP contribution is 2.51. The van der Waals surface area contributed by atoms with E-state index in [1.54, 1.807) is 18.2 Å². The summed E-state index contributed by atoms with van der Waals surface area (Å²) in [5, 5.41) is 21.8. The molecule has 2 unspecified atom stereocenters. The standard InChI is InChI=1S/C25H23F4N3O2/c1-23(2,17-10-16(26)8-9-21(17)33)13-24(34,25(27,28)29)22(15-6-4-3-5-7-15)19-11-18-20(32-19)12-30-14-31-18/h3-12,14,22,32-34H,13H2,1-2H3. The van der Waals surface area contributed by atoms with Gasteiger partial charge in [-0.05, 0) is 41.7 Å². The molecule has 0 fully saturated rings. The molecule has 2 aromatic heterocycles. The van der Waals surface area contributed by atoms with Crippen LogP contribution in [0.15, 0.2) is 67.1 Å². The Labute approximate surface area is 193 Å². The van der Waals surface area contributed by atoms with Gasteiger partial charge in [-0.3, -0.25) is 0 Å². The van der Waals surface area contributed by atoms with Crippen LogP contribution in [0.5, 0.6) is 5.75 Å². The molecule has 0 saturated heterocycles. The van der Waals surface area contributed by atoms with E-state index in [1.165, 1.54) is 44.6 Å². The third kappa shape index (κ3) is 4.23. The molecule has 0 aliphatic rings. The fourth-order valence-corrected chi connectivity index (χ4v) is 4.59.